The predicted octanol–water partition coefficient (Wildman–Crippen LogP) is 7.72. The van der Waals surface area contributed by atoms with Gasteiger partial charge in [-0.3, -0.25) is 14.4 Å². The Morgan fingerprint density at radius 3 is 1.86 bits per heavy atom. The minimum atomic E-state index is -0.478. The summed E-state index contributed by atoms with van der Waals surface area (Å²) in [5.41, 5.74) is 1.05. The van der Waals surface area contributed by atoms with Crippen molar-refractivity contribution in [1.29, 1.82) is 0 Å². The number of ketones is 2. The van der Waals surface area contributed by atoms with E-state index in [0.29, 0.717) is 56.6 Å². The van der Waals surface area contributed by atoms with Crippen molar-refractivity contribution in [3.8, 4) is 5.75 Å². The van der Waals surface area contributed by atoms with Gasteiger partial charge in [-0.05, 0) is 94.7 Å². The van der Waals surface area contributed by atoms with E-state index < -0.39 is 6.10 Å². The predicted molar refractivity (Wildman–Crippen MR) is 179 cm³/mol. The van der Waals surface area contributed by atoms with E-state index in [1.54, 1.807) is 19.2 Å². The zero-order valence-corrected chi connectivity index (χ0v) is 27.3. The molecule has 1 aromatic carbocycles. The highest BCUT2D eigenvalue weighted by molar-refractivity contribution is 5.80. The van der Waals surface area contributed by atoms with Gasteiger partial charge in [-0.15, -0.1) is 0 Å². The summed E-state index contributed by atoms with van der Waals surface area (Å²) in [4.78, 5) is 36.6. The normalized spacial score (nSPS) is 12.2. The first kappa shape index (κ1) is 39.3. The summed E-state index contributed by atoms with van der Waals surface area (Å²) in [7, 11) is 1.55. The maximum atomic E-state index is 12.4. The van der Waals surface area contributed by atoms with Crippen molar-refractivity contribution in [3.05, 3.63) is 54.1 Å². The molecule has 248 valence electrons. The Hall–Kier alpha value is -2.77. The molecule has 0 bridgehead atoms. The molecule has 1 aromatic rings. The molecule has 0 saturated heterocycles. The van der Waals surface area contributed by atoms with Crippen LogP contribution >= 0.6 is 0 Å². The SMILES string of the molecule is COC(CCC=CCCCCC(=O)CCCCCCC(=O)CCC=CCCCCCCO)C(=O)NCCc1ccc(O)cc1. The van der Waals surface area contributed by atoms with Crippen LogP contribution in [0.1, 0.15) is 128 Å². The standard InChI is InChI=1S/C37H59NO6/c1-44-36(37(43)38-30-29-32-25-27-35(42)28-26-32)24-18-10-6-5-9-15-21-34(41)23-17-12-11-16-22-33(40)20-14-8-4-2-3-7-13-19-31-39/h4,6,8,10,25-28,36,39,42H,2-3,5,7,9,11-24,29-31H2,1H3,(H,38,43). The van der Waals surface area contributed by atoms with Gasteiger partial charge in [0.25, 0.3) is 0 Å². The topological polar surface area (TPSA) is 113 Å². The lowest BCUT2D eigenvalue weighted by Crippen LogP contribution is -2.36. The molecule has 0 aliphatic carbocycles. The Morgan fingerprint density at radius 1 is 0.705 bits per heavy atom. The highest BCUT2D eigenvalue weighted by Crippen LogP contribution is 2.12. The lowest BCUT2D eigenvalue weighted by Gasteiger charge is -2.14. The first-order valence-corrected chi connectivity index (χ1v) is 17.0. The van der Waals surface area contributed by atoms with Crippen LogP contribution in [0.15, 0.2) is 48.6 Å². The van der Waals surface area contributed by atoms with E-state index in [0.717, 1.165) is 95.5 Å². The average molecular weight is 614 g/mol. The van der Waals surface area contributed by atoms with Crippen molar-refractivity contribution in [1.82, 2.24) is 5.32 Å². The summed E-state index contributed by atoms with van der Waals surface area (Å²) in [5.74, 6) is 0.800. The maximum Gasteiger partial charge on any atom is 0.249 e. The second-order valence-corrected chi connectivity index (χ2v) is 11.7. The Morgan fingerprint density at radius 2 is 1.23 bits per heavy atom. The number of allylic oxidation sites excluding steroid dienone is 4. The van der Waals surface area contributed by atoms with Gasteiger partial charge in [0.15, 0.2) is 0 Å². The second kappa shape index (κ2) is 27.8. The van der Waals surface area contributed by atoms with Gasteiger partial charge in [-0.25, -0.2) is 0 Å². The molecular formula is C37H59NO6. The largest absolute Gasteiger partial charge is 0.508 e. The van der Waals surface area contributed by atoms with E-state index in [-0.39, 0.29) is 18.3 Å². The van der Waals surface area contributed by atoms with Crippen LogP contribution < -0.4 is 5.32 Å². The number of nitrogens with one attached hydrogen (secondary N) is 1. The molecule has 7 heteroatoms. The number of Topliss-reactive ketones (excluding diaryl/α,β-unsaturated/α-hetero) is 2. The number of benzene rings is 1. The number of aliphatic hydroxyl groups excluding tert-OH is 1. The Balaban J connectivity index is 1.95. The van der Waals surface area contributed by atoms with Crippen LogP contribution in [-0.4, -0.2) is 54.1 Å². The summed E-state index contributed by atoms with van der Waals surface area (Å²) in [6.45, 7) is 0.804. The molecule has 1 rings (SSSR count). The van der Waals surface area contributed by atoms with E-state index >= 15 is 0 Å². The van der Waals surface area contributed by atoms with Gasteiger partial charge < -0.3 is 20.3 Å². The zero-order chi connectivity index (χ0) is 32.1. The summed E-state index contributed by atoms with van der Waals surface area (Å²) in [5, 5.41) is 21.0. The van der Waals surface area contributed by atoms with Gasteiger partial charge in [0.2, 0.25) is 5.91 Å². The van der Waals surface area contributed by atoms with Gasteiger partial charge in [-0.2, -0.15) is 0 Å². The Bertz CT molecular complexity index is 940. The number of rotatable bonds is 29. The van der Waals surface area contributed by atoms with Crippen LogP contribution in [0.25, 0.3) is 0 Å². The second-order valence-electron chi connectivity index (χ2n) is 11.7. The van der Waals surface area contributed by atoms with Gasteiger partial charge in [0, 0.05) is 45.9 Å². The van der Waals surface area contributed by atoms with E-state index in [2.05, 4.69) is 29.6 Å². The number of aromatic hydroxyl groups is 1. The first-order chi connectivity index (χ1) is 21.5. The number of phenols is 1. The van der Waals surface area contributed by atoms with Gasteiger partial charge in [0.05, 0.1) is 0 Å². The number of hydrogen-bond donors (Lipinski definition) is 3. The van der Waals surface area contributed by atoms with Crippen LogP contribution in [0.2, 0.25) is 0 Å². The van der Waals surface area contributed by atoms with Crippen LogP contribution in [0.3, 0.4) is 0 Å². The van der Waals surface area contributed by atoms with Crippen molar-refractivity contribution in [3.63, 3.8) is 0 Å². The fourth-order valence-electron chi connectivity index (χ4n) is 4.99. The summed E-state index contributed by atoms with van der Waals surface area (Å²) >= 11 is 0. The summed E-state index contributed by atoms with van der Waals surface area (Å²) in [6.07, 6.45) is 25.5. The van der Waals surface area contributed by atoms with Crippen molar-refractivity contribution < 1.29 is 29.3 Å². The summed E-state index contributed by atoms with van der Waals surface area (Å²) < 4.78 is 5.36. The van der Waals surface area contributed by atoms with E-state index in [4.69, 9.17) is 9.84 Å². The monoisotopic (exact) mass is 613 g/mol. The third kappa shape index (κ3) is 22.7. The van der Waals surface area contributed by atoms with Gasteiger partial charge in [-0.1, -0.05) is 62.1 Å². The molecule has 0 saturated carbocycles. The third-order valence-electron chi connectivity index (χ3n) is 7.76. The number of methoxy groups -OCH3 is 1. The van der Waals surface area contributed by atoms with Crippen molar-refractivity contribution in [2.24, 2.45) is 0 Å². The fraction of sp³-hybridized carbons (Fsp3) is 0.649. The number of unbranched alkanes of at least 4 members (excludes halogenated alkanes) is 9. The van der Waals surface area contributed by atoms with Crippen LogP contribution in [0.4, 0.5) is 0 Å². The quantitative estimate of drug-likeness (QED) is 0.0630. The molecule has 0 radical (unpaired) electrons. The number of phenolic OH excluding ortho intramolecular Hbond substituents is 1. The van der Waals surface area contributed by atoms with E-state index in [1.165, 1.54) is 0 Å². The highest BCUT2D eigenvalue weighted by atomic mass is 16.5. The maximum absolute atomic E-state index is 12.4. The first-order valence-electron chi connectivity index (χ1n) is 17.0. The number of ether oxygens (including phenoxy) is 1. The Labute approximate surface area is 266 Å². The molecule has 0 aliphatic heterocycles. The van der Waals surface area contributed by atoms with Crippen molar-refractivity contribution >= 4 is 17.5 Å². The fourth-order valence-corrected chi connectivity index (χ4v) is 4.99. The average Bonchev–Trinajstić information content (AvgIpc) is 3.02. The number of carbonyl (C=O) groups is 3. The minimum Gasteiger partial charge on any atom is -0.508 e. The molecule has 0 fully saturated rings. The lowest BCUT2D eigenvalue weighted by molar-refractivity contribution is -0.131. The number of carbonyl (C=O) groups excluding carboxylic acids is 3. The molecule has 44 heavy (non-hydrogen) atoms. The van der Waals surface area contributed by atoms with E-state index in [1.807, 2.05) is 12.1 Å². The number of aliphatic hydroxyl groups is 1. The molecule has 1 atom stereocenters. The third-order valence-corrected chi connectivity index (χ3v) is 7.76. The van der Waals surface area contributed by atoms with Crippen molar-refractivity contribution in [2.75, 3.05) is 20.3 Å². The molecule has 1 amide bonds. The zero-order valence-electron chi connectivity index (χ0n) is 27.3. The van der Waals surface area contributed by atoms with Crippen LogP contribution in [0.5, 0.6) is 5.75 Å². The van der Waals surface area contributed by atoms with Crippen molar-refractivity contribution in [2.45, 2.75) is 135 Å². The number of hydrogen-bond acceptors (Lipinski definition) is 6. The van der Waals surface area contributed by atoms with Crippen LogP contribution in [0, 0.1) is 0 Å². The molecular weight excluding hydrogens is 554 g/mol. The minimum absolute atomic E-state index is 0.108. The lowest BCUT2D eigenvalue weighted by atomic mass is 10.0. The molecule has 0 aliphatic rings. The van der Waals surface area contributed by atoms with Gasteiger partial charge >= 0.3 is 0 Å². The van der Waals surface area contributed by atoms with Crippen LogP contribution in [-0.2, 0) is 25.5 Å². The Kier molecular flexibility index (Phi) is 24.8. The number of amides is 1. The molecule has 1 unspecified atom stereocenters. The molecule has 0 heterocycles. The van der Waals surface area contributed by atoms with E-state index in [9.17, 15) is 19.5 Å². The molecule has 0 spiro atoms. The van der Waals surface area contributed by atoms with Gasteiger partial charge in [0.1, 0.15) is 23.4 Å². The smallest absolute Gasteiger partial charge is 0.249 e. The highest BCUT2D eigenvalue weighted by Gasteiger charge is 2.16. The molecule has 0 aromatic heterocycles. The summed E-state index contributed by atoms with van der Waals surface area (Å²) in [6, 6.07) is 6.97. The molecule has 7 nitrogen and oxygen atoms in total. The molecule has 3 N–H and O–H groups in total.